The van der Waals surface area contributed by atoms with Gasteiger partial charge < -0.3 is 15.0 Å². The van der Waals surface area contributed by atoms with Crippen LogP contribution >= 0.6 is 0 Å². The van der Waals surface area contributed by atoms with E-state index >= 15 is 0 Å². The van der Waals surface area contributed by atoms with E-state index < -0.39 is 0 Å². The summed E-state index contributed by atoms with van der Waals surface area (Å²) in [6.45, 7) is 5.09. The molecule has 0 aliphatic heterocycles. The van der Waals surface area contributed by atoms with E-state index in [0.717, 1.165) is 23.7 Å². The van der Waals surface area contributed by atoms with Crippen LogP contribution in [0.1, 0.15) is 19.4 Å². The first-order valence-electron chi connectivity index (χ1n) is 7.33. The third kappa shape index (κ3) is 4.50. The summed E-state index contributed by atoms with van der Waals surface area (Å²) in [5.41, 5.74) is 2.30. The fourth-order valence-electron chi connectivity index (χ4n) is 2.02. The maximum absolute atomic E-state index is 6.07. The molecule has 0 aliphatic rings. The molecule has 21 heavy (non-hydrogen) atoms. The molecular weight excluding hydrogens is 260 g/mol. The molecule has 0 aromatic heterocycles. The van der Waals surface area contributed by atoms with Crippen LogP contribution in [0.2, 0.25) is 0 Å². The van der Waals surface area contributed by atoms with Crippen molar-refractivity contribution in [3.05, 3.63) is 54.1 Å². The minimum atomic E-state index is 0.454. The van der Waals surface area contributed by atoms with Crippen LogP contribution in [0.5, 0.6) is 11.5 Å². The van der Waals surface area contributed by atoms with Gasteiger partial charge in [-0.1, -0.05) is 38.1 Å². The first kappa shape index (κ1) is 15.4. The molecule has 2 aromatic rings. The van der Waals surface area contributed by atoms with Gasteiger partial charge in [-0.15, -0.1) is 0 Å². The highest BCUT2D eigenvalue weighted by atomic mass is 16.5. The molecule has 0 amide bonds. The maximum atomic E-state index is 6.07. The van der Waals surface area contributed by atoms with Crippen LogP contribution < -0.4 is 15.0 Å². The van der Waals surface area contributed by atoms with Gasteiger partial charge in [0.15, 0.2) is 0 Å². The molecule has 0 aliphatic carbocycles. The zero-order chi connectivity index (χ0) is 15.2. The van der Waals surface area contributed by atoms with Gasteiger partial charge in [-0.3, -0.25) is 0 Å². The van der Waals surface area contributed by atoms with Crippen LogP contribution in [-0.2, 0) is 6.54 Å². The van der Waals surface area contributed by atoms with E-state index in [4.69, 9.17) is 4.74 Å². The second-order valence-electron chi connectivity index (χ2n) is 5.64. The van der Waals surface area contributed by atoms with Gasteiger partial charge in [0.05, 0.1) is 0 Å². The second-order valence-corrected chi connectivity index (χ2v) is 5.64. The van der Waals surface area contributed by atoms with Crippen molar-refractivity contribution < 1.29 is 4.74 Å². The number of anilines is 1. The molecule has 112 valence electrons. The lowest BCUT2D eigenvalue weighted by atomic mass is 10.2. The molecule has 2 rings (SSSR count). The summed E-state index contributed by atoms with van der Waals surface area (Å²) in [6.07, 6.45) is 0. The average Bonchev–Trinajstić information content (AvgIpc) is 2.46. The Morgan fingerprint density at radius 2 is 1.81 bits per heavy atom. The Labute approximate surface area is 127 Å². The highest BCUT2D eigenvalue weighted by molar-refractivity contribution is 5.50. The number of para-hydroxylation sites is 1. The Kier molecular flexibility index (Phi) is 5.23. The van der Waals surface area contributed by atoms with Gasteiger partial charge in [0.1, 0.15) is 11.5 Å². The van der Waals surface area contributed by atoms with Crippen molar-refractivity contribution in [1.29, 1.82) is 0 Å². The molecule has 0 saturated carbocycles. The highest BCUT2D eigenvalue weighted by Gasteiger charge is 2.06. The number of rotatable bonds is 6. The molecule has 0 bridgehead atoms. The summed E-state index contributed by atoms with van der Waals surface area (Å²) in [5, 5.41) is 3.43. The van der Waals surface area contributed by atoms with Gasteiger partial charge in [-0.05, 0) is 18.2 Å². The molecule has 0 radical (unpaired) electrons. The molecule has 0 saturated heterocycles. The number of ether oxygens (including phenoxy) is 1. The van der Waals surface area contributed by atoms with Gasteiger partial charge in [0, 0.05) is 44.0 Å². The third-order valence-electron chi connectivity index (χ3n) is 3.24. The number of nitrogens with zero attached hydrogens (tertiary/aromatic N) is 1. The summed E-state index contributed by atoms with van der Waals surface area (Å²) in [6, 6.07) is 16.7. The van der Waals surface area contributed by atoms with Gasteiger partial charge in [-0.2, -0.15) is 0 Å². The van der Waals surface area contributed by atoms with Gasteiger partial charge in [0.2, 0.25) is 0 Å². The Balaban J connectivity index is 2.17. The second kappa shape index (κ2) is 7.14. The van der Waals surface area contributed by atoms with E-state index in [1.807, 2.05) is 50.5 Å². The zero-order valence-corrected chi connectivity index (χ0v) is 13.3. The van der Waals surface area contributed by atoms with Crippen LogP contribution in [0.15, 0.2) is 48.5 Å². The molecule has 2 aromatic carbocycles. The van der Waals surface area contributed by atoms with E-state index in [9.17, 15) is 0 Å². The minimum Gasteiger partial charge on any atom is -0.457 e. The minimum absolute atomic E-state index is 0.454. The van der Waals surface area contributed by atoms with E-state index in [-0.39, 0.29) is 0 Å². The Hall–Kier alpha value is -2.00. The lowest BCUT2D eigenvalue weighted by Gasteiger charge is -2.16. The Morgan fingerprint density at radius 1 is 1.05 bits per heavy atom. The number of nitrogens with one attached hydrogen (secondary N) is 1. The van der Waals surface area contributed by atoms with Gasteiger partial charge in [0.25, 0.3) is 0 Å². The van der Waals surface area contributed by atoms with Crippen LogP contribution in [0.4, 0.5) is 5.69 Å². The van der Waals surface area contributed by atoms with Crippen molar-refractivity contribution in [2.75, 3.05) is 19.0 Å². The molecule has 1 N–H and O–H groups in total. The van der Waals surface area contributed by atoms with E-state index in [2.05, 4.69) is 36.2 Å². The van der Waals surface area contributed by atoms with Crippen LogP contribution in [0.3, 0.4) is 0 Å². The summed E-state index contributed by atoms with van der Waals surface area (Å²) >= 11 is 0. The van der Waals surface area contributed by atoms with E-state index in [1.165, 1.54) is 5.56 Å². The standard InChI is InChI=1S/C18H24N2O/c1-14(2)19-13-15-8-5-6-11-18(15)21-17-10-7-9-16(12-17)20(3)4/h5-12,14,19H,13H2,1-4H3. The molecule has 0 fully saturated rings. The Bertz CT molecular complexity index is 579. The smallest absolute Gasteiger partial charge is 0.131 e. The molecule has 3 heteroatoms. The first-order chi connectivity index (χ1) is 10.1. The number of hydrogen-bond acceptors (Lipinski definition) is 3. The molecule has 0 heterocycles. The van der Waals surface area contributed by atoms with Crippen molar-refractivity contribution >= 4 is 5.69 Å². The van der Waals surface area contributed by atoms with Gasteiger partial charge in [-0.25, -0.2) is 0 Å². The zero-order valence-electron chi connectivity index (χ0n) is 13.3. The predicted octanol–water partition coefficient (Wildman–Crippen LogP) is 4.04. The SMILES string of the molecule is CC(C)NCc1ccccc1Oc1cccc(N(C)C)c1. The van der Waals surface area contributed by atoms with E-state index in [0.29, 0.717) is 6.04 Å². The monoisotopic (exact) mass is 284 g/mol. The quantitative estimate of drug-likeness (QED) is 0.866. The molecular formula is C18H24N2O. The maximum Gasteiger partial charge on any atom is 0.131 e. The van der Waals surface area contributed by atoms with E-state index in [1.54, 1.807) is 0 Å². The normalized spacial score (nSPS) is 10.7. The number of benzene rings is 2. The lowest BCUT2D eigenvalue weighted by molar-refractivity contribution is 0.469. The number of hydrogen-bond donors (Lipinski definition) is 1. The van der Waals surface area contributed by atoms with Gasteiger partial charge >= 0.3 is 0 Å². The summed E-state index contributed by atoms with van der Waals surface area (Å²) in [7, 11) is 4.05. The van der Waals surface area contributed by atoms with Crippen molar-refractivity contribution in [2.24, 2.45) is 0 Å². The topological polar surface area (TPSA) is 24.5 Å². The fourth-order valence-corrected chi connectivity index (χ4v) is 2.02. The van der Waals surface area contributed by atoms with Crippen LogP contribution in [0.25, 0.3) is 0 Å². The third-order valence-corrected chi connectivity index (χ3v) is 3.24. The van der Waals surface area contributed by atoms with Crippen molar-refractivity contribution in [2.45, 2.75) is 26.4 Å². The van der Waals surface area contributed by atoms with Crippen LogP contribution in [-0.4, -0.2) is 20.1 Å². The molecule has 0 atom stereocenters. The van der Waals surface area contributed by atoms with Crippen molar-refractivity contribution in [1.82, 2.24) is 5.32 Å². The summed E-state index contributed by atoms with van der Waals surface area (Å²) in [5.74, 6) is 1.76. The average molecular weight is 284 g/mol. The van der Waals surface area contributed by atoms with Crippen molar-refractivity contribution in [3.8, 4) is 11.5 Å². The highest BCUT2D eigenvalue weighted by Crippen LogP contribution is 2.27. The fraction of sp³-hybridized carbons (Fsp3) is 0.333. The van der Waals surface area contributed by atoms with Crippen molar-refractivity contribution in [3.63, 3.8) is 0 Å². The Morgan fingerprint density at radius 3 is 2.52 bits per heavy atom. The molecule has 3 nitrogen and oxygen atoms in total. The molecule has 0 spiro atoms. The van der Waals surface area contributed by atoms with Crippen LogP contribution in [0, 0.1) is 0 Å². The summed E-state index contributed by atoms with van der Waals surface area (Å²) in [4.78, 5) is 2.07. The lowest BCUT2D eigenvalue weighted by Crippen LogP contribution is -2.22. The predicted molar refractivity (Wildman–Crippen MR) is 89.3 cm³/mol. The largest absolute Gasteiger partial charge is 0.457 e. The summed E-state index contributed by atoms with van der Waals surface area (Å²) < 4.78 is 6.07. The first-order valence-corrected chi connectivity index (χ1v) is 7.33. The molecule has 0 unspecified atom stereocenters.